The Kier molecular flexibility index (Phi) is 7.36. The Balaban J connectivity index is 2.48. The average molecular weight is 284 g/mol. The molecule has 1 rings (SSSR count). The molecule has 0 amide bonds. The Bertz CT molecular complexity index is 447. The number of halogens is 2. The molecule has 1 aromatic rings. The number of unbranched alkanes of at least 4 members (excludes halogenated alkanes) is 2. The maximum Gasteiger partial charge on any atom is 0.387 e. The predicted octanol–water partition coefficient (Wildman–Crippen LogP) is 3.08. The Labute approximate surface area is 117 Å². The van der Waals surface area contributed by atoms with Crippen LogP contribution in [-0.2, 0) is 6.54 Å². The van der Waals surface area contributed by atoms with Gasteiger partial charge in [-0.05, 0) is 37.1 Å². The summed E-state index contributed by atoms with van der Waals surface area (Å²) in [6.45, 7) is -1.55. The molecule has 0 spiro atoms. The molecule has 0 atom stereocenters. The van der Waals surface area contributed by atoms with Crippen LogP contribution < -0.4 is 14.8 Å². The Hall–Kier alpha value is -1.87. The minimum absolute atomic E-state index is 0.0336. The number of nitrogens with one attached hydrogen (secondary N) is 1. The van der Waals surface area contributed by atoms with Crippen molar-refractivity contribution in [1.82, 2.24) is 5.32 Å². The number of alkyl halides is 2. The van der Waals surface area contributed by atoms with Crippen LogP contribution in [0.5, 0.6) is 11.5 Å². The summed E-state index contributed by atoms with van der Waals surface area (Å²) in [5, 5.41) is 11.6. The number of benzene rings is 1. The maximum absolute atomic E-state index is 12.3. The van der Waals surface area contributed by atoms with Crippen LogP contribution in [0.15, 0.2) is 18.2 Å². The summed E-state index contributed by atoms with van der Waals surface area (Å²) < 4.78 is 33.9. The van der Waals surface area contributed by atoms with Gasteiger partial charge in [-0.25, -0.2) is 0 Å². The molecule has 6 heteroatoms. The van der Waals surface area contributed by atoms with Crippen molar-refractivity contribution < 1.29 is 18.3 Å². The fourth-order valence-corrected chi connectivity index (χ4v) is 1.71. The summed E-state index contributed by atoms with van der Waals surface area (Å²) >= 11 is 0. The molecule has 1 N–H and O–H groups in total. The van der Waals surface area contributed by atoms with Gasteiger partial charge in [-0.15, -0.1) is 0 Å². The molecule has 110 valence electrons. The van der Waals surface area contributed by atoms with E-state index in [4.69, 9.17) is 10.00 Å². The number of hydrogen-bond acceptors (Lipinski definition) is 4. The quantitative estimate of drug-likeness (QED) is 0.708. The van der Waals surface area contributed by atoms with Gasteiger partial charge in [-0.3, -0.25) is 0 Å². The maximum atomic E-state index is 12.3. The van der Waals surface area contributed by atoms with Crippen LogP contribution in [0.4, 0.5) is 8.78 Å². The van der Waals surface area contributed by atoms with Gasteiger partial charge in [-0.2, -0.15) is 14.0 Å². The molecule has 1 aromatic carbocycles. The van der Waals surface area contributed by atoms with Crippen molar-refractivity contribution in [3.05, 3.63) is 23.8 Å². The molecule has 0 heterocycles. The summed E-state index contributed by atoms with van der Waals surface area (Å²) in [6, 6.07) is 7.01. The van der Waals surface area contributed by atoms with E-state index in [1.54, 1.807) is 12.1 Å². The third-order valence-corrected chi connectivity index (χ3v) is 2.67. The van der Waals surface area contributed by atoms with E-state index in [1.165, 1.54) is 13.2 Å². The first kappa shape index (κ1) is 16.2. The summed E-state index contributed by atoms with van der Waals surface area (Å²) in [7, 11) is 1.40. The molecule has 0 bridgehead atoms. The van der Waals surface area contributed by atoms with Crippen molar-refractivity contribution in [2.24, 2.45) is 0 Å². The number of hydrogen-bond donors (Lipinski definition) is 1. The fraction of sp³-hybridized carbons (Fsp3) is 0.500. The molecule has 0 saturated carbocycles. The minimum atomic E-state index is -2.88. The second kappa shape index (κ2) is 9.10. The summed E-state index contributed by atoms with van der Waals surface area (Å²) in [4.78, 5) is 0. The molecular formula is C14H18F2N2O2. The first-order valence-electron chi connectivity index (χ1n) is 6.36. The SMILES string of the molecule is COc1ccc(CNCCCCC#N)cc1OC(F)F. The zero-order chi connectivity index (χ0) is 14.8. The van der Waals surface area contributed by atoms with Crippen molar-refractivity contribution in [2.75, 3.05) is 13.7 Å². The topological polar surface area (TPSA) is 54.3 Å². The highest BCUT2D eigenvalue weighted by atomic mass is 19.3. The van der Waals surface area contributed by atoms with Gasteiger partial charge in [-0.1, -0.05) is 6.07 Å². The smallest absolute Gasteiger partial charge is 0.387 e. The van der Waals surface area contributed by atoms with E-state index in [1.807, 2.05) is 0 Å². The predicted molar refractivity (Wildman–Crippen MR) is 70.8 cm³/mol. The zero-order valence-corrected chi connectivity index (χ0v) is 11.4. The zero-order valence-electron chi connectivity index (χ0n) is 11.4. The first-order valence-corrected chi connectivity index (χ1v) is 6.36. The molecule has 20 heavy (non-hydrogen) atoms. The van der Waals surface area contributed by atoms with E-state index in [2.05, 4.69) is 16.1 Å². The van der Waals surface area contributed by atoms with Gasteiger partial charge >= 0.3 is 6.61 Å². The second-order valence-electron chi connectivity index (χ2n) is 4.16. The highest BCUT2D eigenvalue weighted by Crippen LogP contribution is 2.29. The highest BCUT2D eigenvalue weighted by molar-refractivity contribution is 5.42. The number of ether oxygens (including phenoxy) is 2. The van der Waals surface area contributed by atoms with Crippen LogP contribution >= 0.6 is 0 Å². The van der Waals surface area contributed by atoms with E-state index in [0.717, 1.165) is 24.9 Å². The minimum Gasteiger partial charge on any atom is -0.493 e. The van der Waals surface area contributed by atoms with Gasteiger partial charge in [0.1, 0.15) is 0 Å². The van der Waals surface area contributed by atoms with Gasteiger partial charge in [0.25, 0.3) is 0 Å². The van der Waals surface area contributed by atoms with Crippen molar-refractivity contribution >= 4 is 0 Å². The van der Waals surface area contributed by atoms with Crippen LogP contribution in [0.25, 0.3) is 0 Å². The lowest BCUT2D eigenvalue weighted by atomic mass is 10.2. The third kappa shape index (κ3) is 5.85. The van der Waals surface area contributed by atoms with Crippen LogP contribution in [0, 0.1) is 11.3 Å². The molecule has 0 aliphatic rings. The van der Waals surface area contributed by atoms with E-state index in [-0.39, 0.29) is 11.5 Å². The average Bonchev–Trinajstić information content (AvgIpc) is 2.42. The third-order valence-electron chi connectivity index (χ3n) is 2.67. The fourth-order valence-electron chi connectivity index (χ4n) is 1.71. The van der Waals surface area contributed by atoms with Gasteiger partial charge in [0.2, 0.25) is 0 Å². The van der Waals surface area contributed by atoms with E-state index < -0.39 is 6.61 Å². The normalized spacial score (nSPS) is 10.3. The summed E-state index contributed by atoms with van der Waals surface area (Å²) in [5.74, 6) is 0.314. The molecule has 0 fully saturated rings. The second-order valence-corrected chi connectivity index (χ2v) is 4.16. The van der Waals surface area contributed by atoms with E-state index >= 15 is 0 Å². The molecule has 0 radical (unpaired) electrons. The highest BCUT2D eigenvalue weighted by Gasteiger charge is 2.11. The van der Waals surface area contributed by atoms with Gasteiger partial charge in [0.15, 0.2) is 11.5 Å². The summed E-state index contributed by atoms with van der Waals surface area (Å²) in [6.07, 6.45) is 2.31. The molecule has 0 aromatic heterocycles. The van der Waals surface area contributed by atoms with Gasteiger partial charge < -0.3 is 14.8 Å². The number of nitrogens with zero attached hydrogens (tertiary/aromatic N) is 1. The van der Waals surface area contributed by atoms with Gasteiger partial charge in [0.05, 0.1) is 13.2 Å². The van der Waals surface area contributed by atoms with Crippen molar-refractivity contribution in [1.29, 1.82) is 5.26 Å². The van der Waals surface area contributed by atoms with Crippen LogP contribution in [0.1, 0.15) is 24.8 Å². The Morgan fingerprint density at radius 2 is 2.10 bits per heavy atom. The van der Waals surface area contributed by atoms with Crippen molar-refractivity contribution in [3.63, 3.8) is 0 Å². The molecule has 0 saturated heterocycles. The molecule has 0 unspecified atom stereocenters. The number of methoxy groups -OCH3 is 1. The van der Waals surface area contributed by atoms with E-state index in [9.17, 15) is 8.78 Å². The van der Waals surface area contributed by atoms with Gasteiger partial charge in [0, 0.05) is 13.0 Å². The van der Waals surface area contributed by atoms with E-state index in [0.29, 0.717) is 13.0 Å². The molecule has 0 aliphatic carbocycles. The number of nitriles is 1. The largest absolute Gasteiger partial charge is 0.493 e. The first-order chi connectivity index (χ1) is 9.67. The summed E-state index contributed by atoms with van der Waals surface area (Å²) in [5.41, 5.74) is 0.835. The molecule has 4 nitrogen and oxygen atoms in total. The number of rotatable bonds is 9. The van der Waals surface area contributed by atoms with Crippen LogP contribution in [-0.4, -0.2) is 20.3 Å². The Morgan fingerprint density at radius 1 is 1.30 bits per heavy atom. The monoisotopic (exact) mass is 284 g/mol. The van der Waals surface area contributed by atoms with Crippen molar-refractivity contribution in [3.8, 4) is 17.6 Å². The Morgan fingerprint density at radius 3 is 2.75 bits per heavy atom. The van der Waals surface area contributed by atoms with Crippen LogP contribution in [0.2, 0.25) is 0 Å². The van der Waals surface area contributed by atoms with Crippen LogP contribution in [0.3, 0.4) is 0 Å². The lowest BCUT2D eigenvalue weighted by molar-refractivity contribution is -0.0512. The molecule has 0 aliphatic heterocycles. The standard InChI is InChI=1S/C14H18F2N2O2/c1-19-12-6-5-11(9-13(12)20-14(15)16)10-18-8-4-2-3-7-17/h5-6,9,14,18H,2-4,8,10H2,1H3. The molecular weight excluding hydrogens is 266 g/mol. The lowest BCUT2D eigenvalue weighted by Gasteiger charge is -2.12. The van der Waals surface area contributed by atoms with Crippen molar-refractivity contribution in [2.45, 2.75) is 32.4 Å². The lowest BCUT2D eigenvalue weighted by Crippen LogP contribution is -2.15.